The number of hydrogen-bond acceptors (Lipinski definition) is 4. The van der Waals surface area contributed by atoms with Crippen LogP contribution in [0.15, 0.2) is 16.8 Å². The van der Waals surface area contributed by atoms with Crippen LogP contribution in [0.5, 0.6) is 0 Å². The highest BCUT2D eigenvalue weighted by molar-refractivity contribution is 7.08. The van der Waals surface area contributed by atoms with Crippen molar-refractivity contribution in [2.45, 2.75) is 32.5 Å². The van der Waals surface area contributed by atoms with E-state index in [4.69, 9.17) is 4.74 Å². The Morgan fingerprint density at radius 2 is 2.27 bits per heavy atom. The average Bonchev–Trinajstić information content (AvgIpc) is 2.62. The minimum absolute atomic E-state index is 0.191. The van der Waals surface area contributed by atoms with Gasteiger partial charge in [0.2, 0.25) is 0 Å². The first-order valence-electron chi connectivity index (χ1n) is 5.05. The van der Waals surface area contributed by atoms with Crippen LogP contribution in [0.3, 0.4) is 0 Å². The maximum Gasteiger partial charge on any atom is 0.0945 e. The summed E-state index contributed by atoms with van der Waals surface area (Å²) in [5.74, 6) is 0. The fourth-order valence-electron chi connectivity index (χ4n) is 1.01. The van der Waals surface area contributed by atoms with Gasteiger partial charge in [0.05, 0.1) is 18.3 Å². The van der Waals surface area contributed by atoms with Crippen LogP contribution in [0.2, 0.25) is 0 Å². The summed E-state index contributed by atoms with van der Waals surface area (Å²) < 4.78 is 5.47. The van der Waals surface area contributed by atoms with Crippen molar-refractivity contribution in [3.05, 3.63) is 16.8 Å². The lowest BCUT2D eigenvalue weighted by atomic mass is 10.2. The molecule has 1 aromatic heterocycles. The maximum atomic E-state index is 9.63. The molecule has 1 heterocycles. The Balaban J connectivity index is 2.16. The summed E-state index contributed by atoms with van der Waals surface area (Å²) in [6.45, 7) is 6.82. The van der Waals surface area contributed by atoms with E-state index in [1.807, 2.05) is 37.6 Å². The van der Waals surface area contributed by atoms with E-state index in [-0.39, 0.29) is 5.60 Å². The van der Waals surface area contributed by atoms with E-state index < -0.39 is 6.10 Å². The van der Waals surface area contributed by atoms with Gasteiger partial charge in [0.15, 0.2) is 0 Å². The van der Waals surface area contributed by atoms with Crippen LogP contribution in [-0.2, 0) is 4.74 Å². The molecule has 0 bridgehead atoms. The summed E-state index contributed by atoms with van der Waals surface area (Å²) in [6, 6.07) is 1.99. The second-order valence-electron chi connectivity index (χ2n) is 4.47. The molecule has 86 valence electrons. The van der Waals surface area contributed by atoms with Gasteiger partial charge >= 0.3 is 0 Å². The molecule has 0 aliphatic carbocycles. The lowest BCUT2D eigenvalue weighted by Crippen LogP contribution is -2.30. The van der Waals surface area contributed by atoms with Crippen molar-refractivity contribution in [1.29, 1.82) is 0 Å². The van der Waals surface area contributed by atoms with E-state index in [0.717, 1.165) is 5.69 Å². The van der Waals surface area contributed by atoms with Crippen molar-refractivity contribution in [3.63, 3.8) is 0 Å². The molecule has 0 aromatic carbocycles. The number of aliphatic hydroxyl groups excluding tert-OH is 1. The third-order valence-electron chi connectivity index (χ3n) is 1.77. The van der Waals surface area contributed by atoms with E-state index in [2.05, 4.69) is 5.32 Å². The van der Waals surface area contributed by atoms with E-state index in [9.17, 15) is 5.11 Å². The highest BCUT2D eigenvalue weighted by atomic mass is 32.1. The molecule has 0 saturated carbocycles. The predicted octanol–water partition coefficient (Wildman–Crippen LogP) is 2.34. The summed E-state index contributed by atoms with van der Waals surface area (Å²) in [4.78, 5) is 0. The molecule has 0 fully saturated rings. The molecular weight excluding hydrogens is 210 g/mol. The fraction of sp³-hybridized carbons (Fsp3) is 0.636. The quantitative estimate of drug-likeness (QED) is 0.814. The number of ether oxygens (including phenoxy) is 1. The lowest BCUT2D eigenvalue weighted by Gasteiger charge is -2.22. The Kier molecular flexibility index (Phi) is 4.57. The van der Waals surface area contributed by atoms with Crippen LogP contribution < -0.4 is 5.32 Å². The van der Waals surface area contributed by atoms with Crippen LogP contribution in [0.1, 0.15) is 20.8 Å². The third kappa shape index (κ3) is 5.77. The number of nitrogens with one attached hydrogen (secondary N) is 1. The molecule has 1 aromatic rings. The first-order valence-corrected chi connectivity index (χ1v) is 6.00. The molecule has 15 heavy (non-hydrogen) atoms. The molecule has 0 radical (unpaired) electrons. The smallest absolute Gasteiger partial charge is 0.0945 e. The van der Waals surface area contributed by atoms with Crippen molar-refractivity contribution in [2.75, 3.05) is 18.5 Å². The molecule has 4 heteroatoms. The van der Waals surface area contributed by atoms with Crippen LogP contribution >= 0.6 is 11.3 Å². The SMILES string of the molecule is CC(C)(C)OCC(O)CNc1ccsc1. The molecular formula is C11H19NO2S. The largest absolute Gasteiger partial charge is 0.389 e. The van der Waals surface area contributed by atoms with Crippen molar-refractivity contribution >= 4 is 17.0 Å². The normalized spacial score (nSPS) is 13.9. The predicted molar refractivity (Wildman–Crippen MR) is 64.5 cm³/mol. The van der Waals surface area contributed by atoms with Gasteiger partial charge in [0.1, 0.15) is 0 Å². The van der Waals surface area contributed by atoms with Gasteiger partial charge in [-0.1, -0.05) is 0 Å². The Hall–Kier alpha value is -0.580. The maximum absolute atomic E-state index is 9.63. The highest BCUT2D eigenvalue weighted by Gasteiger charge is 2.13. The zero-order chi connectivity index (χ0) is 11.3. The molecule has 0 aliphatic rings. The van der Waals surface area contributed by atoms with Crippen LogP contribution in [-0.4, -0.2) is 30.0 Å². The average molecular weight is 229 g/mol. The number of hydrogen-bond donors (Lipinski definition) is 2. The monoisotopic (exact) mass is 229 g/mol. The molecule has 2 N–H and O–H groups in total. The third-order valence-corrected chi connectivity index (χ3v) is 2.45. The van der Waals surface area contributed by atoms with Gasteiger partial charge in [-0.15, -0.1) is 0 Å². The summed E-state index contributed by atoms with van der Waals surface area (Å²) >= 11 is 1.63. The Morgan fingerprint density at radius 3 is 2.80 bits per heavy atom. The molecule has 0 amide bonds. The zero-order valence-corrected chi connectivity index (χ0v) is 10.3. The number of rotatable bonds is 5. The Bertz CT molecular complexity index is 267. The van der Waals surface area contributed by atoms with Crippen molar-refractivity contribution in [2.24, 2.45) is 0 Å². The molecule has 1 rings (SSSR count). The topological polar surface area (TPSA) is 41.5 Å². The number of aliphatic hydroxyl groups is 1. The standard InChI is InChI=1S/C11H19NO2S/c1-11(2,3)14-7-10(13)6-12-9-4-5-15-8-9/h4-5,8,10,12-13H,6-7H2,1-3H3. The summed E-state index contributed by atoms with van der Waals surface area (Å²) in [7, 11) is 0. The van der Waals surface area contributed by atoms with Gasteiger partial charge in [0.25, 0.3) is 0 Å². The first-order chi connectivity index (χ1) is 6.97. The van der Waals surface area contributed by atoms with Gasteiger partial charge in [-0.25, -0.2) is 0 Å². The lowest BCUT2D eigenvalue weighted by molar-refractivity contribution is -0.0449. The molecule has 1 unspecified atom stereocenters. The van der Waals surface area contributed by atoms with E-state index >= 15 is 0 Å². The molecule has 1 atom stereocenters. The van der Waals surface area contributed by atoms with Gasteiger partial charge in [-0.3, -0.25) is 0 Å². The molecule has 3 nitrogen and oxygen atoms in total. The van der Waals surface area contributed by atoms with Crippen LogP contribution in [0, 0.1) is 0 Å². The summed E-state index contributed by atoms with van der Waals surface area (Å²) in [5.41, 5.74) is 0.860. The Labute approximate surface area is 95.1 Å². The highest BCUT2D eigenvalue weighted by Crippen LogP contribution is 2.12. The molecule has 0 spiro atoms. The van der Waals surface area contributed by atoms with E-state index in [1.54, 1.807) is 11.3 Å². The second-order valence-corrected chi connectivity index (χ2v) is 5.25. The Morgan fingerprint density at radius 1 is 1.53 bits per heavy atom. The van der Waals surface area contributed by atoms with E-state index in [1.165, 1.54) is 0 Å². The van der Waals surface area contributed by atoms with Gasteiger partial charge in [-0.2, -0.15) is 11.3 Å². The summed E-state index contributed by atoms with van der Waals surface area (Å²) in [5, 5.41) is 16.8. The van der Waals surface area contributed by atoms with Crippen LogP contribution in [0.4, 0.5) is 5.69 Å². The minimum atomic E-state index is -0.468. The van der Waals surface area contributed by atoms with Crippen molar-refractivity contribution in [3.8, 4) is 0 Å². The van der Waals surface area contributed by atoms with Crippen LogP contribution in [0.25, 0.3) is 0 Å². The van der Waals surface area contributed by atoms with Crippen molar-refractivity contribution in [1.82, 2.24) is 0 Å². The minimum Gasteiger partial charge on any atom is -0.389 e. The van der Waals surface area contributed by atoms with Gasteiger partial charge in [-0.05, 0) is 32.2 Å². The van der Waals surface area contributed by atoms with Crippen molar-refractivity contribution < 1.29 is 9.84 Å². The van der Waals surface area contributed by atoms with Gasteiger partial charge in [0, 0.05) is 17.6 Å². The molecule has 0 aliphatic heterocycles. The van der Waals surface area contributed by atoms with Gasteiger partial charge < -0.3 is 15.2 Å². The summed E-state index contributed by atoms with van der Waals surface area (Å²) in [6.07, 6.45) is -0.468. The first kappa shape index (κ1) is 12.5. The molecule has 0 saturated heterocycles. The second kappa shape index (κ2) is 5.49. The number of anilines is 1. The fourth-order valence-corrected chi connectivity index (χ4v) is 1.62. The number of thiophene rings is 1. The zero-order valence-electron chi connectivity index (χ0n) is 9.49. The van der Waals surface area contributed by atoms with E-state index in [0.29, 0.717) is 13.2 Å².